The van der Waals surface area contributed by atoms with Gasteiger partial charge in [0.15, 0.2) is 5.54 Å². The van der Waals surface area contributed by atoms with Crippen LogP contribution >= 0.6 is 0 Å². The lowest BCUT2D eigenvalue weighted by Gasteiger charge is -2.17. The minimum absolute atomic E-state index is 0.0104. The van der Waals surface area contributed by atoms with Crippen molar-refractivity contribution in [3.8, 4) is 0 Å². The van der Waals surface area contributed by atoms with Gasteiger partial charge in [0.25, 0.3) is 5.69 Å². The first-order chi connectivity index (χ1) is 7.68. The number of non-ortho nitro benzene ring substituents is 1. The molecule has 0 spiro atoms. The largest absolute Gasteiger partial charge is 0.393 e. The van der Waals surface area contributed by atoms with Crippen molar-refractivity contribution in [3.05, 3.63) is 39.9 Å². The molecule has 0 fully saturated rings. The predicted octanol–water partition coefficient (Wildman–Crippen LogP) is 1.23. The Morgan fingerprint density at radius 3 is 2.50 bits per heavy atom. The summed E-state index contributed by atoms with van der Waals surface area (Å²) < 4.78 is 0. The topological polar surface area (TPSA) is 100 Å². The molecule has 1 aliphatic heterocycles. The second kappa shape index (κ2) is 3.78. The Labute approximate surface area is 90.3 Å². The van der Waals surface area contributed by atoms with Gasteiger partial charge in [0.2, 0.25) is 0 Å². The fourth-order valence-electron chi connectivity index (χ4n) is 1.42. The minimum atomic E-state index is -0.991. The third-order valence-corrected chi connectivity index (χ3v) is 2.37. The van der Waals surface area contributed by atoms with Crippen molar-refractivity contribution in [1.82, 2.24) is 0 Å². The smallest absolute Gasteiger partial charge is 0.269 e. The van der Waals surface area contributed by atoms with Gasteiger partial charge in [-0.05, 0) is 22.9 Å². The van der Waals surface area contributed by atoms with Crippen LogP contribution in [0, 0.1) is 10.1 Å². The third-order valence-electron chi connectivity index (χ3n) is 2.37. The van der Waals surface area contributed by atoms with Gasteiger partial charge in [0.1, 0.15) is 0 Å². The first-order valence-electron chi connectivity index (χ1n) is 4.50. The lowest BCUT2D eigenvalue weighted by molar-refractivity contribution is -0.384. The number of aliphatic hydroxyl groups is 1. The van der Waals surface area contributed by atoms with E-state index in [4.69, 9.17) is 0 Å². The van der Waals surface area contributed by atoms with Crippen LogP contribution < -0.4 is 0 Å². The fourth-order valence-corrected chi connectivity index (χ4v) is 1.42. The number of nitro benzene ring substituents is 1. The van der Waals surface area contributed by atoms with E-state index >= 15 is 0 Å². The number of nitrogens with zero attached hydrogens (tertiary/aromatic N) is 4. The minimum Gasteiger partial charge on any atom is -0.393 e. The maximum Gasteiger partial charge on any atom is 0.269 e. The molecule has 82 valence electrons. The van der Waals surface area contributed by atoms with Crippen molar-refractivity contribution in [2.75, 3.05) is 6.61 Å². The highest BCUT2D eigenvalue weighted by atomic mass is 16.6. The molecule has 7 heteroatoms. The van der Waals surface area contributed by atoms with Crippen LogP contribution in [0.15, 0.2) is 39.7 Å². The highest BCUT2D eigenvalue weighted by Crippen LogP contribution is 2.28. The molecule has 1 aromatic carbocycles. The third kappa shape index (κ3) is 1.57. The summed E-state index contributed by atoms with van der Waals surface area (Å²) in [6.07, 6.45) is 1.41. The van der Waals surface area contributed by atoms with Crippen LogP contribution in [0.3, 0.4) is 0 Å². The Morgan fingerprint density at radius 2 is 2.06 bits per heavy atom. The lowest BCUT2D eigenvalue weighted by Crippen LogP contribution is -2.27. The molecule has 0 radical (unpaired) electrons. The maximum atomic E-state index is 10.5. The van der Waals surface area contributed by atoms with E-state index in [-0.39, 0.29) is 12.3 Å². The second-order valence-corrected chi connectivity index (χ2v) is 3.32. The Morgan fingerprint density at radius 1 is 1.38 bits per heavy atom. The van der Waals surface area contributed by atoms with E-state index in [1.807, 2.05) is 0 Å². The molecule has 1 unspecified atom stereocenters. The van der Waals surface area contributed by atoms with Crippen molar-refractivity contribution < 1.29 is 10.0 Å². The fraction of sp³-hybridized carbons (Fsp3) is 0.222. The summed E-state index contributed by atoms with van der Waals surface area (Å²) in [4.78, 5) is 9.98. The summed E-state index contributed by atoms with van der Waals surface area (Å²) >= 11 is 0. The Balaban J connectivity index is 2.38. The van der Waals surface area contributed by atoms with Crippen LogP contribution in [-0.2, 0) is 5.54 Å². The van der Waals surface area contributed by atoms with Gasteiger partial charge < -0.3 is 5.11 Å². The average Bonchev–Trinajstić information content (AvgIpc) is 2.79. The van der Waals surface area contributed by atoms with Gasteiger partial charge in [0.05, 0.1) is 17.7 Å². The number of nitro groups is 1. The molecule has 1 aromatic rings. The Hall–Kier alpha value is -2.15. The molecule has 1 atom stereocenters. The zero-order valence-electron chi connectivity index (χ0n) is 8.15. The molecular weight excluding hydrogens is 212 g/mol. The van der Waals surface area contributed by atoms with Gasteiger partial charge in [-0.1, -0.05) is 0 Å². The van der Waals surface area contributed by atoms with E-state index < -0.39 is 10.5 Å². The van der Waals surface area contributed by atoms with Crippen molar-refractivity contribution in [1.29, 1.82) is 0 Å². The molecule has 0 amide bonds. The zero-order chi connectivity index (χ0) is 11.6. The van der Waals surface area contributed by atoms with Crippen molar-refractivity contribution in [2.45, 2.75) is 5.54 Å². The SMILES string of the molecule is O=[N+]([O-])c1ccc(C2(CO)C=NN=N2)cc1. The predicted molar refractivity (Wildman–Crippen MR) is 55.2 cm³/mol. The highest BCUT2D eigenvalue weighted by Gasteiger charge is 2.33. The maximum absolute atomic E-state index is 10.5. The molecule has 1 N–H and O–H groups in total. The van der Waals surface area contributed by atoms with Crippen molar-refractivity contribution in [2.24, 2.45) is 15.4 Å². The van der Waals surface area contributed by atoms with E-state index in [0.717, 1.165) is 0 Å². The van der Waals surface area contributed by atoms with Gasteiger partial charge in [0, 0.05) is 12.1 Å². The van der Waals surface area contributed by atoms with Gasteiger partial charge in [-0.3, -0.25) is 10.1 Å². The summed E-state index contributed by atoms with van der Waals surface area (Å²) in [5, 5.41) is 30.6. The Kier molecular flexibility index (Phi) is 2.45. The molecule has 2 rings (SSSR count). The number of rotatable bonds is 3. The van der Waals surface area contributed by atoms with E-state index in [9.17, 15) is 15.2 Å². The summed E-state index contributed by atoms with van der Waals surface area (Å²) in [7, 11) is 0. The first-order valence-corrected chi connectivity index (χ1v) is 4.50. The summed E-state index contributed by atoms with van der Waals surface area (Å²) in [6, 6.07) is 5.78. The van der Waals surface area contributed by atoms with Crippen LogP contribution in [0.2, 0.25) is 0 Å². The van der Waals surface area contributed by atoms with E-state index in [2.05, 4.69) is 15.4 Å². The van der Waals surface area contributed by atoms with Crippen molar-refractivity contribution in [3.63, 3.8) is 0 Å². The molecule has 0 aromatic heterocycles. The lowest BCUT2D eigenvalue weighted by atomic mass is 9.93. The van der Waals surface area contributed by atoms with Crippen LogP contribution in [-0.4, -0.2) is 22.9 Å². The summed E-state index contributed by atoms with van der Waals surface area (Å²) in [5.41, 5.74) is -0.385. The molecular formula is C9H8N4O3. The van der Waals surface area contributed by atoms with E-state index in [1.54, 1.807) is 0 Å². The Bertz CT molecular complexity index is 454. The molecule has 0 saturated carbocycles. The average molecular weight is 220 g/mol. The number of hydrogen-bond acceptors (Lipinski definition) is 6. The highest BCUT2D eigenvalue weighted by molar-refractivity contribution is 5.74. The molecule has 0 saturated heterocycles. The molecule has 0 bridgehead atoms. The standard InChI is InChI=1S/C9H8N4O3/c14-6-9(5-10-12-11-9)7-1-3-8(4-2-7)13(15)16/h1-5,14H,6H2. The first kappa shape index (κ1) is 10.4. The van der Waals surface area contributed by atoms with E-state index in [0.29, 0.717) is 5.56 Å². The normalized spacial score (nSPS) is 22.6. The van der Waals surface area contributed by atoms with E-state index in [1.165, 1.54) is 30.5 Å². The molecule has 0 aliphatic carbocycles. The van der Waals surface area contributed by atoms with Gasteiger partial charge in [-0.25, -0.2) is 0 Å². The van der Waals surface area contributed by atoms with Gasteiger partial charge >= 0.3 is 0 Å². The zero-order valence-corrected chi connectivity index (χ0v) is 8.15. The second-order valence-electron chi connectivity index (χ2n) is 3.32. The number of benzene rings is 1. The quantitative estimate of drug-likeness (QED) is 0.612. The van der Waals surface area contributed by atoms with Crippen LogP contribution in [0.4, 0.5) is 5.69 Å². The number of hydrogen-bond donors (Lipinski definition) is 1. The molecule has 16 heavy (non-hydrogen) atoms. The molecule has 1 heterocycles. The van der Waals surface area contributed by atoms with Crippen LogP contribution in [0.1, 0.15) is 5.56 Å². The molecule has 7 nitrogen and oxygen atoms in total. The van der Waals surface area contributed by atoms with Gasteiger partial charge in [-0.2, -0.15) is 0 Å². The van der Waals surface area contributed by atoms with Crippen LogP contribution in [0.25, 0.3) is 0 Å². The monoisotopic (exact) mass is 220 g/mol. The number of aliphatic hydroxyl groups excluding tert-OH is 1. The van der Waals surface area contributed by atoms with Gasteiger partial charge in [-0.15, -0.1) is 10.2 Å². The summed E-state index contributed by atoms with van der Waals surface area (Å²) in [5.74, 6) is 0. The van der Waals surface area contributed by atoms with Crippen LogP contribution in [0.5, 0.6) is 0 Å². The summed E-state index contributed by atoms with van der Waals surface area (Å²) in [6.45, 7) is -0.280. The van der Waals surface area contributed by atoms with Crippen molar-refractivity contribution >= 4 is 11.9 Å². The molecule has 1 aliphatic rings.